The zero-order chi connectivity index (χ0) is 32.0. The first kappa shape index (κ1) is 30.8. The standard InChI is InChI=1S/C20H19F2N9O10P2S2/c21-6-5(1-32)37-17(31-4-27-8-14(31)28-19(23)29-16(8)34)9(6)39-43(36,45)40-12-11-20(12,41-42(35)44)10(22)18(38-11)30-3-26-7-13(30)24-2-25-15(7)33/h2-6,9-12,17-18,32H,1H2,(H5-,23,24,25,28,29,33,34,35,36,44,45)/p+1/t5-,6-,9-,10+,11-,12?,17-,18-,20+,43?/m1/s1. The predicted molar refractivity (Wildman–Crippen MR) is 152 cm³/mol. The number of aliphatic hydroxyl groups excluding tert-OH is 1. The van der Waals surface area contributed by atoms with Crippen LogP contribution in [0, 0.1) is 0 Å². The van der Waals surface area contributed by atoms with Crippen LogP contribution in [0.25, 0.3) is 22.3 Å². The van der Waals surface area contributed by atoms with Crippen LogP contribution in [0.4, 0.5) is 14.7 Å². The zero-order valence-electron chi connectivity index (χ0n) is 22.0. The van der Waals surface area contributed by atoms with Gasteiger partial charge >= 0.3 is 13.9 Å². The minimum absolute atomic E-state index is 0.0175. The minimum atomic E-state index is -4.56. The lowest BCUT2D eigenvalue weighted by atomic mass is 10.1. The molecule has 25 heteroatoms. The Morgan fingerprint density at radius 3 is 2.51 bits per heavy atom. The average Bonchev–Trinajstić information content (AvgIpc) is 3.47. The van der Waals surface area contributed by atoms with Gasteiger partial charge in [0.15, 0.2) is 47.1 Å². The monoisotopic (exact) mass is 710 g/mol. The van der Waals surface area contributed by atoms with Crippen molar-refractivity contribution in [3.05, 3.63) is 39.7 Å². The molecule has 3 aliphatic rings. The first-order valence-corrected chi connectivity index (χ1v) is 17.7. The molecule has 19 nitrogen and oxygen atoms in total. The number of aromatic amines is 2. The Balaban J connectivity index is 1.15. The number of rotatable bonds is 9. The molecule has 4 aromatic heterocycles. The number of nitrogens with two attached hydrogens (primary N) is 1. The molecule has 2 saturated heterocycles. The van der Waals surface area contributed by atoms with Gasteiger partial charge in [-0.3, -0.25) is 32.8 Å². The van der Waals surface area contributed by atoms with Crippen LogP contribution in [-0.2, 0) is 39.4 Å². The van der Waals surface area contributed by atoms with Gasteiger partial charge in [0.2, 0.25) is 11.5 Å². The summed E-state index contributed by atoms with van der Waals surface area (Å²) in [5.41, 5.74) is 1.82. The Morgan fingerprint density at radius 1 is 1.13 bits per heavy atom. The number of alkyl halides is 2. The number of halogens is 2. The van der Waals surface area contributed by atoms with Gasteiger partial charge in [-0.15, -0.1) is 4.52 Å². The van der Waals surface area contributed by atoms with E-state index < -0.39 is 86.5 Å². The maximum Gasteiger partial charge on any atom is 0.583 e. The number of thiol groups is 1. The summed E-state index contributed by atoms with van der Waals surface area (Å²) < 4.78 is 73.6. The molecule has 3 fully saturated rings. The third-order valence-corrected chi connectivity index (χ3v) is 9.81. The summed E-state index contributed by atoms with van der Waals surface area (Å²) >= 11 is 8.87. The van der Waals surface area contributed by atoms with E-state index in [1.54, 1.807) is 0 Å². The van der Waals surface area contributed by atoms with E-state index in [1.165, 1.54) is 0 Å². The molecule has 4 aromatic rings. The van der Waals surface area contributed by atoms with Crippen LogP contribution in [0.1, 0.15) is 12.5 Å². The van der Waals surface area contributed by atoms with Gasteiger partial charge in [0.25, 0.3) is 11.1 Å². The number of aliphatic hydroxyl groups is 1. The quantitative estimate of drug-likeness (QED) is 0.0958. The van der Waals surface area contributed by atoms with Crippen LogP contribution in [0.15, 0.2) is 28.6 Å². The van der Waals surface area contributed by atoms with Crippen LogP contribution in [0.5, 0.6) is 0 Å². The molecule has 0 amide bonds. The fourth-order valence-electron chi connectivity index (χ4n) is 5.57. The van der Waals surface area contributed by atoms with Crippen LogP contribution >= 0.6 is 26.2 Å². The van der Waals surface area contributed by atoms with Gasteiger partial charge in [-0.05, 0) is 16.4 Å². The molecule has 0 aromatic carbocycles. The molecule has 1 saturated carbocycles. The van der Waals surface area contributed by atoms with Crippen molar-refractivity contribution in [2.75, 3.05) is 12.3 Å². The Hall–Kier alpha value is -2.82. The largest absolute Gasteiger partial charge is 0.583 e. The van der Waals surface area contributed by atoms with E-state index >= 15 is 8.78 Å². The van der Waals surface area contributed by atoms with Crippen molar-refractivity contribution in [2.45, 2.75) is 54.8 Å². The Kier molecular flexibility index (Phi) is 7.45. The number of nitrogen functional groups attached to an aromatic ring is 1. The summed E-state index contributed by atoms with van der Waals surface area (Å²) in [6.45, 7) is -5.37. The molecule has 240 valence electrons. The topological polar surface area (TPSA) is 257 Å². The fourth-order valence-corrected chi connectivity index (χ4v) is 8.29. The molecule has 7 rings (SSSR count). The van der Waals surface area contributed by atoms with Crippen molar-refractivity contribution >= 4 is 66.3 Å². The number of aromatic nitrogens is 8. The van der Waals surface area contributed by atoms with Crippen LogP contribution in [0.3, 0.4) is 0 Å². The SMILES string of the molecule is Nc1nc2c(ncn2[C@@H]2O[C@H](CO)[C@@H](F)[C@H]2OP(O)(=S)OC2[C@H]3O[C@@H](n4cnc5c(=O)[nH]cnc54)[C@H](F)[C@@]23O[P+](=O)S)c(=O)[nH]1. The van der Waals surface area contributed by atoms with Gasteiger partial charge in [0.05, 0.1) is 25.6 Å². The van der Waals surface area contributed by atoms with Gasteiger partial charge in [-0.2, -0.15) is 4.98 Å². The molecule has 2 aliphatic heterocycles. The summed E-state index contributed by atoms with van der Waals surface area (Å²) in [5.74, 6) is -0.283. The van der Waals surface area contributed by atoms with Crippen molar-refractivity contribution in [1.82, 2.24) is 39.0 Å². The first-order chi connectivity index (χ1) is 21.4. The maximum absolute atomic E-state index is 16.1. The first-order valence-electron chi connectivity index (χ1n) is 12.7. The number of anilines is 1. The molecule has 6 heterocycles. The van der Waals surface area contributed by atoms with Gasteiger partial charge in [0.1, 0.15) is 36.7 Å². The molecule has 0 spiro atoms. The number of H-pyrrole nitrogens is 2. The normalized spacial score (nSPS) is 34.3. The van der Waals surface area contributed by atoms with E-state index in [4.69, 9.17) is 40.6 Å². The second kappa shape index (κ2) is 10.9. The van der Waals surface area contributed by atoms with Gasteiger partial charge in [-0.25, -0.2) is 23.7 Å². The Bertz CT molecular complexity index is 2010. The summed E-state index contributed by atoms with van der Waals surface area (Å²) in [6, 6.07) is 0. The van der Waals surface area contributed by atoms with Crippen LogP contribution in [-0.4, -0.2) is 98.0 Å². The molecule has 1 aliphatic carbocycles. The highest BCUT2D eigenvalue weighted by atomic mass is 32.7. The van der Waals surface area contributed by atoms with Gasteiger partial charge < -0.3 is 30.2 Å². The molecular weight excluding hydrogens is 690 g/mol. The summed E-state index contributed by atoms with van der Waals surface area (Å²) in [5, 5.41) is 9.68. The maximum atomic E-state index is 16.1. The van der Waals surface area contributed by atoms with Crippen LogP contribution < -0.4 is 16.9 Å². The number of imidazole rings is 2. The highest BCUT2D eigenvalue weighted by molar-refractivity contribution is 8.39. The molecule has 0 radical (unpaired) electrons. The number of hydrogen-bond acceptors (Lipinski definition) is 15. The van der Waals surface area contributed by atoms with E-state index in [0.29, 0.717) is 0 Å². The lowest BCUT2D eigenvalue weighted by Gasteiger charge is -2.27. The zero-order valence-corrected chi connectivity index (χ0v) is 25.5. The third-order valence-electron chi connectivity index (χ3n) is 7.57. The average molecular weight is 711 g/mol. The smallest absolute Gasteiger partial charge is 0.394 e. The number of ether oxygens (including phenoxy) is 2. The van der Waals surface area contributed by atoms with E-state index in [1.807, 2.05) is 0 Å². The fraction of sp³-hybridized carbons (Fsp3) is 0.500. The van der Waals surface area contributed by atoms with Crippen molar-refractivity contribution in [3.63, 3.8) is 0 Å². The molecule has 0 bridgehead atoms. The van der Waals surface area contributed by atoms with Crippen molar-refractivity contribution in [3.8, 4) is 0 Å². The molecule has 11 atom stereocenters. The predicted octanol–water partition coefficient (Wildman–Crippen LogP) is -0.358. The summed E-state index contributed by atoms with van der Waals surface area (Å²) in [4.78, 5) is 55.8. The summed E-state index contributed by atoms with van der Waals surface area (Å²) in [7, 11) is -2.77. The Labute approximate surface area is 258 Å². The van der Waals surface area contributed by atoms with E-state index in [0.717, 1.165) is 28.1 Å². The van der Waals surface area contributed by atoms with Gasteiger partial charge in [-0.1, -0.05) is 0 Å². The lowest BCUT2D eigenvalue weighted by molar-refractivity contribution is -0.0610. The number of fused-ring (bicyclic) bond motifs is 3. The van der Waals surface area contributed by atoms with E-state index in [-0.39, 0.29) is 28.3 Å². The number of nitrogens with one attached hydrogen (secondary N) is 2. The Morgan fingerprint density at radius 2 is 1.82 bits per heavy atom. The van der Waals surface area contributed by atoms with Crippen molar-refractivity contribution in [2.24, 2.45) is 0 Å². The highest BCUT2D eigenvalue weighted by Gasteiger charge is 2.85. The second-order valence-electron chi connectivity index (χ2n) is 10.1. The lowest BCUT2D eigenvalue weighted by Crippen LogP contribution is -2.35. The van der Waals surface area contributed by atoms with Crippen molar-refractivity contribution in [1.29, 1.82) is 0 Å². The molecule has 6 N–H and O–H groups in total. The number of nitrogens with zero attached hydrogens (tertiary/aromatic N) is 6. The van der Waals surface area contributed by atoms with E-state index in [2.05, 4.69) is 42.2 Å². The van der Waals surface area contributed by atoms with Crippen LogP contribution in [0.2, 0.25) is 0 Å². The van der Waals surface area contributed by atoms with E-state index in [9.17, 15) is 24.2 Å². The molecule has 3 unspecified atom stereocenters. The minimum Gasteiger partial charge on any atom is -0.394 e. The highest BCUT2D eigenvalue weighted by Crippen LogP contribution is 2.67. The van der Waals surface area contributed by atoms with Crippen molar-refractivity contribution < 1.29 is 46.4 Å². The molecule has 45 heavy (non-hydrogen) atoms. The third kappa shape index (κ3) is 4.85. The molecular formula is C20H20F2N9O10P2S2+. The summed E-state index contributed by atoms with van der Waals surface area (Å²) in [6.07, 6.45) is -10.0. The van der Waals surface area contributed by atoms with Gasteiger partial charge in [0, 0.05) is 0 Å². The number of hydrogen-bond donors (Lipinski definition) is 6. The second-order valence-corrected chi connectivity index (χ2v) is 14.5.